The summed E-state index contributed by atoms with van der Waals surface area (Å²) >= 11 is 5.75. The van der Waals surface area contributed by atoms with Gasteiger partial charge in [-0.1, -0.05) is 11.6 Å². The van der Waals surface area contributed by atoms with Crippen molar-refractivity contribution in [3.05, 3.63) is 63.2 Å². The highest BCUT2D eigenvalue weighted by Crippen LogP contribution is 2.29. The number of carbonyl (C=O) groups is 1. The average Bonchev–Trinajstić information content (AvgIpc) is 2.47. The fourth-order valence-electron chi connectivity index (χ4n) is 1.70. The van der Waals surface area contributed by atoms with Crippen molar-refractivity contribution >= 4 is 28.9 Å². The van der Waals surface area contributed by atoms with Gasteiger partial charge in [-0.2, -0.15) is 0 Å². The number of halogens is 1. The Morgan fingerprint density at radius 3 is 2.48 bits per heavy atom. The van der Waals surface area contributed by atoms with Crippen LogP contribution in [-0.4, -0.2) is 17.9 Å². The maximum Gasteiger partial charge on any atom is 0.271 e. The summed E-state index contributed by atoms with van der Waals surface area (Å²) in [4.78, 5) is 22.3. The summed E-state index contributed by atoms with van der Waals surface area (Å²) in [5.41, 5.74) is 0.474. The molecule has 2 aromatic rings. The van der Waals surface area contributed by atoms with Gasteiger partial charge in [0.05, 0.1) is 17.7 Å². The molecule has 0 heterocycles. The van der Waals surface area contributed by atoms with E-state index in [-0.39, 0.29) is 11.4 Å². The van der Waals surface area contributed by atoms with Crippen LogP contribution in [0.5, 0.6) is 5.75 Å². The minimum Gasteiger partial charge on any atom is -0.495 e. The number of benzene rings is 2. The van der Waals surface area contributed by atoms with Gasteiger partial charge >= 0.3 is 0 Å². The number of nitro benzene ring substituents is 1. The van der Waals surface area contributed by atoms with Crippen molar-refractivity contribution < 1.29 is 14.5 Å². The number of ether oxygens (including phenoxy) is 1. The highest BCUT2D eigenvalue weighted by molar-refractivity contribution is 6.30. The van der Waals surface area contributed by atoms with Crippen LogP contribution < -0.4 is 10.1 Å². The topological polar surface area (TPSA) is 81.5 Å². The third-order valence-corrected chi connectivity index (χ3v) is 3.00. The van der Waals surface area contributed by atoms with E-state index in [1.54, 1.807) is 24.3 Å². The van der Waals surface area contributed by atoms with Crippen LogP contribution in [0.4, 0.5) is 11.4 Å². The minimum absolute atomic E-state index is 0.137. The number of hydrogen-bond donors (Lipinski definition) is 1. The van der Waals surface area contributed by atoms with Gasteiger partial charge in [-0.25, -0.2) is 0 Å². The van der Waals surface area contributed by atoms with Crippen molar-refractivity contribution in [2.24, 2.45) is 0 Å². The summed E-state index contributed by atoms with van der Waals surface area (Å²) in [7, 11) is 1.42. The van der Waals surface area contributed by atoms with Gasteiger partial charge in [0, 0.05) is 22.7 Å². The lowest BCUT2D eigenvalue weighted by molar-refractivity contribution is -0.384. The zero-order chi connectivity index (χ0) is 15.4. The second kappa shape index (κ2) is 6.23. The highest BCUT2D eigenvalue weighted by Gasteiger charge is 2.14. The lowest BCUT2D eigenvalue weighted by atomic mass is 10.2. The Bertz CT molecular complexity index is 686. The largest absolute Gasteiger partial charge is 0.495 e. The molecule has 0 aliphatic carbocycles. The van der Waals surface area contributed by atoms with Crippen LogP contribution in [0.2, 0.25) is 5.02 Å². The fraction of sp³-hybridized carbons (Fsp3) is 0.0714. The molecule has 7 heteroatoms. The number of nitrogens with zero attached hydrogens (tertiary/aromatic N) is 1. The van der Waals surface area contributed by atoms with Gasteiger partial charge in [-0.3, -0.25) is 14.9 Å². The molecule has 0 aliphatic heterocycles. The van der Waals surface area contributed by atoms with Gasteiger partial charge in [0.15, 0.2) is 0 Å². The molecule has 1 amide bonds. The predicted molar refractivity (Wildman–Crippen MR) is 79.1 cm³/mol. The van der Waals surface area contributed by atoms with E-state index >= 15 is 0 Å². The smallest absolute Gasteiger partial charge is 0.271 e. The van der Waals surface area contributed by atoms with E-state index in [0.29, 0.717) is 16.3 Å². The maximum absolute atomic E-state index is 12.1. The van der Waals surface area contributed by atoms with E-state index in [4.69, 9.17) is 16.3 Å². The molecule has 1 N–H and O–H groups in total. The first-order chi connectivity index (χ1) is 10.0. The fourth-order valence-corrected chi connectivity index (χ4v) is 1.83. The monoisotopic (exact) mass is 306 g/mol. The number of non-ortho nitro benzene ring substituents is 1. The van der Waals surface area contributed by atoms with Crippen LogP contribution in [0, 0.1) is 10.1 Å². The van der Waals surface area contributed by atoms with E-state index in [2.05, 4.69) is 5.32 Å². The first-order valence-corrected chi connectivity index (χ1v) is 6.28. The van der Waals surface area contributed by atoms with Gasteiger partial charge in [-0.15, -0.1) is 0 Å². The Kier molecular flexibility index (Phi) is 4.39. The molecule has 0 saturated heterocycles. The molecule has 0 spiro atoms. The quantitative estimate of drug-likeness (QED) is 0.692. The predicted octanol–water partition coefficient (Wildman–Crippen LogP) is 3.51. The molecule has 0 aliphatic rings. The molecule has 0 radical (unpaired) electrons. The average molecular weight is 307 g/mol. The molecule has 0 bridgehead atoms. The zero-order valence-electron chi connectivity index (χ0n) is 11.0. The number of nitro groups is 1. The summed E-state index contributed by atoms with van der Waals surface area (Å²) < 4.78 is 5.08. The molecular formula is C14H11ClN2O4. The first-order valence-electron chi connectivity index (χ1n) is 5.90. The third kappa shape index (κ3) is 3.49. The zero-order valence-corrected chi connectivity index (χ0v) is 11.8. The Morgan fingerprint density at radius 2 is 1.90 bits per heavy atom. The lowest BCUT2D eigenvalue weighted by Gasteiger charge is -2.10. The van der Waals surface area contributed by atoms with Gasteiger partial charge in [-0.05, 0) is 30.3 Å². The molecular weight excluding hydrogens is 296 g/mol. The number of rotatable bonds is 4. The maximum atomic E-state index is 12.1. The lowest BCUT2D eigenvalue weighted by Crippen LogP contribution is -2.12. The number of carbonyl (C=O) groups excluding carboxylic acids is 1. The number of methoxy groups -OCH3 is 1. The van der Waals surface area contributed by atoms with E-state index in [1.165, 1.54) is 25.3 Å². The molecule has 2 rings (SSSR count). The summed E-state index contributed by atoms with van der Waals surface area (Å²) in [5, 5.41) is 13.9. The van der Waals surface area contributed by atoms with Crippen molar-refractivity contribution in [3.63, 3.8) is 0 Å². The van der Waals surface area contributed by atoms with Gasteiger partial charge in [0.1, 0.15) is 5.75 Å². The second-order valence-electron chi connectivity index (χ2n) is 4.10. The second-order valence-corrected chi connectivity index (χ2v) is 4.54. The molecule has 2 aromatic carbocycles. The normalized spacial score (nSPS) is 10.0. The minimum atomic E-state index is -0.544. The van der Waals surface area contributed by atoms with Crippen molar-refractivity contribution in [1.82, 2.24) is 0 Å². The van der Waals surface area contributed by atoms with Crippen LogP contribution in [0.3, 0.4) is 0 Å². The molecule has 0 atom stereocenters. The van der Waals surface area contributed by atoms with E-state index in [9.17, 15) is 14.9 Å². The summed E-state index contributed by atoms with van der Waals surface area (Å²) in [6.45, 7) is 0. The molecule has 0 saturated carbocycles. The van der Waals surface area contributed by atoms with Crippen LogP contribution >= 0.6 is 11.6 Å². The molecule has 21 heavy (non-hydrogen) atoms. The van der Waals surface area contributed by atoms with Crippen LogP contribution in [0.1, 0.15) is 10.4 Å². The van der Waals surface area contributed by atoms with Gasteiger partial charge in [0.2, 0.25) is 0 Å². The van der Waals surface area contributed by atoms with Crippen molar-refractivity contribution in [2.75, 3.05) is 12.4 Å². The van der Waals surface area contributed by atoms with Crippen LogP contribution in [0.25, 0.3) is 0 Å². The molecule has 0 fully saturated rings. The van der Waals surface area contributed by atoms with Gasteiger partial charge in [0.25, 0.3) is 11.6 Å². The summed E-state index contributed by atoms with van der Waals surface area (Å²) in [6, 6.07) is 10.3. The highest BCUT2D eigenvalue weighted by atomic mass is 35.5. The molecule has 0 unspecified atom stereocenters. The Hall–Kier alpha value is -2.60. The molecule has 108 valence electrons. The van der Waals surface area contributed by atoms with Crippen molar-refractivity contribution in [1.29, 1.82) is 0 Å². The number of amides is 1. The van der Waals surface area contributed by atoms with Crippen LogP contribution in [-0.2, 0) is 0 Å². The molecule has 6 nitrogen and oxygen atoms in total. The first kappa shape index (κ1) is 14.8. The number of hydrogen-bond acceptors (Lipinski definition) is 4. The molecule has 0 aromatic heterocycles. The van der Waals surface area contributed by atoms with Crippen molar-refractivity contribution in [2.45, 2.75) is 0 Å². The van der Waals surface area contributed by atoms with Gasteiger partial charge < -0.3 is 10.1 Å². The number of anilines is 1. The summed E-state index contributed by atoms with van der Waals surface area (Å²) in [6.07, 6.45) is 0. The van der Waals surface area contributed by atoms with Crippen molar-refractivity contribution in [3.8, 4) is 5.75 Å². The van der Waals surface area contributed by atoms with Crippen LogP contribution in [0.15, 0.2) is 42.5 Å². The van der Waals surface area contributed by atoms with E-state index in [0.717, 1.165) is 0 Å². The standard InChI is InChI=1S/C14H11ClN2O4/c1-21-13-7-6-11(17(19)20)8-12(13)16-14(18)9-2-4-10(15)5-3-9/h2-8H,1H3,(H,16,18). The Balaban J connectivity index is 2.29. The Labute approximate surface area is 125 Å². The van der Waals surface area contributed by atoms with E-state index < -0.39 is 10.8 Å². The van der Waals surface area contributed by atoms with E-state index in [1.807, 2.05) is 0 Å². The SMILES string of the molecule is COc1ccc([N+](=O)[O-])cc1NC(=O)c1ccc(Cl)cc1. The summed E-state index contributed by atoms with van der Waals surface area (Å²) in [5.74, 6) is -0.0756. The third-order valence-electron chi connectivity index (χ3n) is 2.75. The number of nitrogens with one attached hydrogen (secondary N) is 1. The Morgan fingerprint density at radius 1 is 1.24 bits per heavy atom.